The summed E-state index contributed by atoms with van der Waals surface area (Å²) in [5, 5.41) is 0. The third-order valence-corrected chi connectivity index (χ3v) is 5.57. The quantitative estimate of drug-likeness (QED) is 0.400. The van der Waals surface area contributed by atoms with Gasteiger partial charge in [-0.05, 0) is 16.7 Å². The highest BCUT2D eigenvalue weighted by Gasteiger charge is 2.45. The van der Waals surface area contributed by atoms with Crippen molar-refractivity contribution in [1.29, 1.82) is 0 Å². The van der Waals surface area contributed by atoms with Gasteiger partial charge in [0.15, 0.2) is 5.56 Å². The lowest BCUT2D eigenvalue weighted by atomic mass is 10.1. The van der Waals surface area contributed by atoms with Gasteiger partial charge in [-0.2, -0.15) is 0 Å². The average molecular weight is 439 g/mol. The minimum Gasteiger partial charge on any atom is -0.374 e. The third-order valence-electron chi connectivity index (χ3n) is 5.22. The van der Waals surface area contributed by atoms with Crippen molar-refractivity contribution in [1.82, 2.24) is 0 Å². The lowest BCUT2D eigenvalue weighted by molar-refractivity contribution is -0.0896. The van der Waals surface area contributed by atoms with Gasteiger partial charge >= 0.3 is 0 Å². The van der Waals surface area contributed by atoms with Crippen LogP contribution in [-0.2, 0) is 38.8 Å². The summed E-state index contributed by atoms with van der Waals surface area (Å²) >= 11 is 6.53. The zero-order valence-electron chi connectivity index (χ0n) is 17.3. The highest BCUT2D eigenvalue weighted by atomic mass is 35.5. The van der Waals surface area contributed by atoms with Gasteiger partial charge in [-0.3, -0.25) is 0 Å². The molecule has 162 valence electrons. The van der Waals surface area contributed by atoms with E-state index < -0.39 is 11.7 Å². The first-order valence-corrected chi connectivity index (χ1v) is 11.0. The van der Waals surface area contributed by atoms with Crippen LogP contribution in [-0.4, -0.2) is 30.5 Å². The van der Waals surface area contributed by atoms with E-state index in [1.165, 1.54) is 0 Å². The summed E-state index contributed by atoms with van der Waals surface area (Å²) in [6, 6.07) is 30.1. The van der Waals surface area contributed by atoms with Crippen molar-refractivity contribution in [2.24, 2.45) is 0 Å². The smallest absolute Gasteiger partial charge is 0.160 e. The summed E-state index contributed by atoms with van der Waals surface area (Å²) in [5.74, 6) is 0. The Morgan fingerprint density at radius 1 is 0.613 bits per heavy atom. The fourth-order valence-electron chi connectivity index (χ4n) is 3.59. The number of halogens is 1. The van der Waals surface area contributed by atoms with Gasteiger partial charge in [0.25, 0.3) is 0 Å². The van der Waals surface area contributed by atoms with Crippen LogP contribution < -0.4 is 0 Å². The van der Waals surface area contributed by atoms with Crippen molar-refractivity contribution in [2.75, 3.05) is 6.61 Å². The van der Waals surface area contributed by atoms with E-state index in [1.54, 1.807) is 0 Å². The van der Waals surface area contributed by atoms with E-state index in [0.29, 0.717) is 26.4 Å². The molecule has 3 aromatic carbocycles. The molecule has 1 aliphatic rings. The first-order valence-electron chi connectivity index (χ1n) is 10.5. The van der Waals surface area contributed by atoms with Gasteiger partial charge in [-0.1, -0.05) is 103 Å². The zero-order valence-corrected chi connectivity index (χ0v) is 18.1. The predicted molar refractivity (Wildman–Crippen MR) is 121 cm³/mol. The normalized spacial score (nSPS) is 23.1. The second kappa shape index (κ2) is 11.4. The molecule has 4 rings (SSSR count). The van der Waals surface area contributed by atoms with Gasteiger partial charge in [0.2, 0.25) is 0 Å². The van der Waals surface area contributed by atoms with Crippen LogP contribution in [0.25, 0.3) is 0 Å². The molecule has 0 saturated carbocycles. The largest absolute Gasteiger partial charge is 0.374 e. The maximum Gasteiger partial charge on any atom is 0.160 e. The Balaban J connectivity index is 1.39. The van der Waals surface area contributed by atoms with Crippen molar-refractivity contribution < 1.29 is 18.9 Å². The maximum absolute atomic E-state index is 6.53. The molecule has 3 aromatic rings. The molecular formula is C26H27ClO4. The fraction of sp³-hybridized carbons (Fsp3) is 0.308. The van der Waals surface area contributed by atoms with Crippen LogP contribution in [0.1, 0.15) is 16.7 Å². The molecule has 1 saturated heterocycles. The molecule has 0 unspecified atom stereocenters. The molecule has 0 spiro atoms. The number of hydrogen-bond donors (Lipinski definition) is 0. The molecule has 0 radical (unpaired) electrons. The first-order chi connectivity index (χ1) is 15.3. The van der Waals surface area contributed by atoms with E-state index in [2.05, 4.69) is 0 Å². The van der Waals surface area contributed by atoms with Crippen LogP contribution in [0.3, 0.4) is 0 Å². The molecule has 4 atom stereocenters. The molecular weight excluding hydrogens is 412 g/mol. The molecule has 0 aromatic heterocycles. The number of benzene rings is 3. The van der Waals surface area contributed by atoms with Gasteiger partial charge < -0.3 is 18.9 Å². The lowest BCUT2D eigenvalue weighted by Gasteiger charge is -2.24. The Morgan fingerprint density at radius 3 is 1.58 bits per heavy atom. The highest BCUT2D eigenvalue weighted by molar-refractivity contribution is 6.20. The van der Waals surface area contributed by atoms with Gasteiger partial charge in [0.05, 0.1) is 26.4 Å². The standard InChI is InChI=1S/C26H27ClO4/c27-26-25(30-18-22-14-8-3-9-15-22)24(29-17-21-12-6-2-7-13-21)23(31-26)19-28-16-20-10-4-1-5-11-20/h1-15,23-26H,16-19H2/t23-,24-,25-,26+/m1/s1. The second-order valence-corrected chi connectivity index (χ2v) is 7.98. The first kappa shape index (κ1) is 22.0. The summed E-state index contributed by atoms with van der Waals surface area (Å²) in [6.45, 7) is 1.79. The Morgan fingerprint density at radius 2 is 1.06 bits per heavy atom. The molecule has 0 amide bonds. The topological polar surface area (TPSA) is 36.9 Å². The number of ether oxygens (including phenoxy) is 4. The number of alkyl halides is 1. The van der Waals surface area contributed by atoms with Gasteiger partial charge in [-0.15, -0.1) is 0 Å². The Hall–Kier alpha value is -2.21. The van der Waals surface area contributed by atoms with Crippen molar-refractivity contribution in [2.45, 2.75) is 43.7 Å². The predicted octanol–water partition coefficient (Wildman–Crippen LogP) is 5.34. The molecule has 4 nitrogen and oxygen atoms in total. The van der Waals surface area contributed by atoms with Crippen LogP contribution >= 0.6 is 11.6 Å². The molecule has 1 aliphatic heterocycles. The van der Waals surface area contributed by atoms with E-state index in [9.17, 15) is 0 Å². The molecule has 5 heteroatoms. The summed E-state index contributed by atoms with van der Waals surface area (Å²) in [4.78, 5) is 0. The molecule has 0 N–H and O–H groups in total. The van der Waals surface area contributed by atoms with Crippen molar-refractivity contribution >= 4 is 11.6 Å². The van der Waals surface area contributed by atoms with E-state index in [1.807, 2.05) is 91.0 Å². The molecule has 1 fully saturated rings. The maximum atomic E-state index is 6.53. The van der Waals surface area contributed by atoms with Gasteiger partial charge in [-0.25, -0.2) is 0 Å². The van der Waals surface area contributed by atoms with E-state index in [-0.39, 0.29) is 12.2 Å². The van der Waals surface area contributed by atoms with Crippen molar-refractivity contribution in [3.8, 4) is 0 Å². The number of rotatable bonds is 10. The second-order valence-electron chi connectivity index (χ2n) is 7.55. The SMILES string of the molecule is Cl[C@H]1O[C@H](COCc2ccccc2)[C@@H](OCc2ccccc2)[C@H]1OCc1ccccc1. The summed E-state index contributed by atoms with van der Waals surface area (Å²) in [5.41, 5.74) is 2.68. The van der Waals surface area contributed by atoms with Gasteiger partial charge in [0.1, 0.15) is 18.3 Å². The Labute approximate surface area is 188 Å². The zero-order chi connectivity index (χ0) is 21.3. The van der Waals surface area contributed by atoms with Crippen molar-refractivity contribution in [3.63, 3.8) is 0 Å². The summed E-state index contributed by atoms with van der Waals surface area (Å²) < 4.78 is 24.3. The molecule has 0 bridgehead atoms. The monoisotopic (exact) mass is 438 g/mol. The Kier molecular flexibility index (Phi) is 8.11. The summed E-state index contributed by atoms with van der Waals surface area (Å²) in [7, 11) is 0. The van der Waals surface area contributed by atoms with Crippen LogP contribution in [0, 0.1) is 0 Å². The molecule has 31 heavy (non-hydrogen) atoms. The molecule has 0 aliphatic carbocycles. The molecule has 1 heterocycles. The van der Waals surface area contributed by atoms with Crippen LogP contribution in [0.5, 0.6) is 0 Å². The fourth-order valence-corrected chi connectivity index (χ4v) is 3.94. The summed E-state index contributed by atoms with van der Waals surface area (Å²) in [6.07, 6.45) is -1.03. The Bertz CT molecular complexity index is 891. The lowest BCUT2D eigenvalue weighted by Crippen LogP contribution is -2.38. The highest BCUT2D eigenvalue weighted by Crippen LogP contribution is 2.31. The van der Waals surface area contributed by atoms with Crippen molar-refractivity contribution in [3.05, 3.63) is 108 Å². The van der Waals surface area contributed by atoms with E-state index >= 15 is 0 Å². The number of hydrogen-bond acceptors (Lipinski definition) is 4. The van der Waals surface area contributed by atoms with Crippen LogP contribution in [0.2, 0.25) is 0 Å². The van der Waals surface area contributed by atoms with E-state index in [4.69, 9.17) is 30.5 Å². The van der Waals surface area contributed by atoms with Gasteiger partial charge in [0, 0.05) is 0 Å². The minimum absolute atomic E-state index is 0.310. The third kappa shape index (κ3) is 6.39. The minimum atomic E-state index is -0.602. The average Bonchev–Trinajstić information content (AvgIpc) is 3.12. The van der Waals surface area contributed by atoms with Crippen LogP contribution in [0.4, 0.5) is 0 Å². The van der Waals surface area contributed by atoms with E-state index in [0.717, 1.165) is 16.7 Å². The van der Waals surface area contributed by atoms with Crippen LogP contribution in [0.15, 0.2) is 91.0 Å².